The Kier molecular flexibility index (Phi) is 4.26. The van der Waals surface area contributed by atoms with Gasteiger partial charge in [-0.1, -0.05) is 42.5 Å². The number of rotatable bonds is 3. The second kappa shape index (κ2) is 6.31. The van der Waals surface area contributed by atoms with E-state index in [0.717, 1.165) is 31.7 Å². The number of para-hydroxylation sites is 1. The second-order valence-corrected chi connectivity index (χ2v) is 5.84. The minimum atomic E-state index is 0.377. The summed E-state index contributed by atoms with van der Waals surface area (Å²) in [4.78, 5) is 0. The average molecular weight is 281 g/mol. The van der Waals surface area contributed by atoms with Gasteiger partial charge >= 0.3 is 0 Å². The van der Waals surface area contributed by atoms with E-state index in [4.69, 9.17) is 4.74 Å². The van der Waals surface area contributed by atoms with Gasteiger partial charge in [0.05, 0.1) is 6.61 Å². The maximum Gasteiger partial charge on any atom is 0.126 e. The number of benzene rings is 2. The molecule has 0 amide bonds. The van der Waals surface area contributed by atoms with Crippen LogP contribution in [0.15, 0.2) is 42.5 Å². The zero-order chi connectivity index (χ0) is 14.7. The second-order valence-electron chi connectivity index (χ2n) is 5.84. The molecular formula is C19H23NO. The van der Waals surface area contributed by atoms with Crippen molar-refractivity contribution in [3.8, 4) is 5.75 Å². The van der Waals surface area contributed by atoms with Crippen LogP contribution >= 0.6 is 0 Å². The van der Waals surface area contributed by atoms with Gasteiger partial charge in [0, 0.05) is 18.2 Å². The fraction of sp³-hybridized carbons (Fsp3) is 0.368. The molecule has 0 radical (unpaired) electrons. The fourth-order valence-electron chi connectivity index (χ4n) is 3.02. The fourth-order valence-corrected chi connectivity index (χ4v) is 3.02. The maximum absolute atomic E-state index is 5.95. The standard InChI is InChI=1S/C19H23NO/c1-14-7-3-4-9-16(14)13-20-18-11-6-12-21-19-15(2)8-5-10-17(18)19/h3-5,7-10,18,20H,6,11-13H2,1-2H3. The third-order valence-electron chi connectivity index (χ3n) is 4.30. The molecule has 2 aromatic rings. The smallest absolute Gasteiger partial charge is 0.126 e. The Labute approximate surface area is 127 Å². The van der Waals surface area contributed by atoms with Crippen LogP contribution in [-0.2, 0) is 6.54 Å². The number of hydrogen-bond acceptors (Lipinski definition) is 2. The Hall–Kier alpha value is -1.80. The van der Waals surface area contributed by atoms with Crippen molar-refractivity contribution >= 4 is 0 Å². The van der Waals surface area contributed by atoms with Gasteiger partial charge < -0.3 is 10.1 Å². The lowest BCUT2D eigenvalue weighted by molar-refractivity contribution is 0.313. The highest BCUT2D eigenvalue weighted by atomic mass is 16.5. The predicted octanol–water partition coefficient (Wildman–Crippen LogP) is 4.31. The molecule has 0 aliphatic carbocycles. The van der Waals surface area contributed by atoms with Crippen molar-refractivity contribution in [1.29, 1.82) is 0 Å². The highest BCUT2D eigenvalue weighted by molar-refractivity contribution is 5.43. The Balaban J connectivity index is 1.80. The summed E-state index contributed by atoms with van der Waals surface area (Å²) >= 11 is 0. The summed E-state index contributed by atoms with van der Waals surface area (Å²) in [7, 11) is 0. The monoisotopic (exact) mass is 281 g/mol. The van der Waals surface area contributed by atoms with E-state index in [1.165, 1.54) is 22.3 Å². The van der Waals surface area contributed by atoms with Crippen molar-refractivity contribution in [3.63, 3.8) is 0 Å². The Morgan fingerprint density at radius 2 is 1.86 bits per heavy atom. The van der Waals surface area contributed by atoms with E-state index in [2.05, 4.69) is 61.6 Å². The third kappa shape index (κ3) is 3.11. The van der Waals surface area contributed by atoms with Crippen molar-refractivity contribution in [2.24, 2.45) is 0 Å². The first-order valence-electron chi connectivity index (χ1n) is 7.76. The van der Waals surface area contributed by atoms with Crippen LogP contribution < -0.4 is 10.1 Å². The molecule has 1 unspecified atom stereocenters. The normalized spacial score (nSPS) is 17.7. The van der Waals surface area contributed by atoms with E-state index in [9.17, 15) is 0 Å². The van der Waals surface area contributed by atoms with E-state index < -0.39 is 0 Å². The van der Waals surface area contributed by atoms with Gasteiger partial charge in [0.2, 0.25) is 0 Å². The first-order chi connectivity index (χ1) is 10.3. The molecule has 3 rings (SSSR count). The number of ether oxygens (including phenoxy) is 1. The summed E-state index contributed by atoms with van der Waals surface area (Å²) in [5.74, 6) is 1.08. The summed E-state index contributed by atoms with van der Waals surface area (Å²) in [6.45, 7) is 6.03. The Morgan fingerprint density at radius 3 is 2.71 bits per heavy atom. The lowest BCUT2D eigenvalue weighted by atomic mass is 9.99. The number of aryl methyl sites for hydroxylation is 2. The third-order valence-corrected chi connectivity index (χ3v) is 4.30. The van der Waals surface area contributed by atoms with Gasteiger partial charge in [0.1, 0.15) is 5.75 Å². The largest absolute Gasteiger partial charge is 0.493 e. The average Bonchev–Trinajstić information content (AvgIpc) is 2.70. The molecule has 2 aromatic carbocycles. The first-order valence-corrected chi connectivity index (χ1v) is 7.76. The first kappa shape index (κ1) is 14.2. The van der Waals surface area contributed by atoms with Crippen LogP contribution in [0, 0.1) is 13.8 Å². The van der Waals surface area contributed by atoms with Gasteiger partial charge in [-0.3, -0.25) is 0 Å². The molecule has 1 N–H and O–H groups in total. The molecule has 1 aliphatic heterocycles. The number of hydrogen-bond donors (Lipinski definition) is 1. The van der Waals surface area contributed by atoms with Crippen LogP contribution in [0.1, 0.15) is 41.1 Å². The molecule has 0 saturated carbocycles. The highest BCUT2D eigenvalue weighted by Crippen LogP contribution is 2.34. The van der Waals surface area contributed by atoms with Crippen molar-refractivity contribution in [1.82, 2.24) is 5.32 Å². The summed E-state index contributed by atoms with van der Waals surface area (Å²) in [6, 6.07) is 15.4. The van der Waals surface area contributed by atoms with Crippen molar-refractivity contribution < 1.29 is 4.74 Å². The van der Waals surface area contributed by atoms with Crippen LogP contribution in [0.2, 0.25) is 0 Å². The van der Waals surface area contributed by atoms with Crippen LogP contribution in [0.3, 0.4) is 0 Å². The maximum atomic E-state index is 5.95. The Bertz CT molecular complexity index is 621. The lowest BCUT2D eigenvalue weighted by Crippen LogP contribution is -2.21. The van der Waals surface area contributed by atoms with Gasteiger partial charge in [-0.2, -0.15) is 0 Å². The summed E-state index contributed by atoms with van der Waals surface area (Å²) in [5.41, 5.74) is 5.26. The van der Waals surface area contributed by atoms with Crippen LogP contribution in [0.5, 0.6) is 5.75 Å². The topological polar surface area (TPSA) is 21.3 Å². The highest BCUT2D eigenvalue weighted by Gasteiger charge is 2.20. The molecule has 1 atom stereocenters. The molecule has 2 heteroatoms. The van der Waals surface area contributed by atoms with Gasteiger partial charge in [-0.05, 0) is 43.4 Å². The van der Waals surface area contributed by atoms with Crippen molar-refractivity contribution in [2.45, 2.75) is 39.3 Å². The molecule has 0 bridgehead atoms. The molecule has 2 nitrogen and oxygen atoms in total. The Morgan fingerprint density at radius 1 is 1.05 bits per heavy atom. The van der Waals surface area contributed by atoms with E-state index in [1.807, 2.05) is 0 Å². The molecule has 0 fully saturated rings. The molecule has 0 saturated heterocycles. The molecule has 0 aromatic heterocycles. The molecule has 1 heterocycles. The number of nitrogens with one attached hydrogen (secondary N) is 1. The zero-order valence-corrected chi connectivity index (χ0v) is 12.9. The van der Waals surface area contributed by atoms with Crippen LogP contribution in [0.25, 0.3) is 0 Å². The van der Waals surface area contributed by atoms with E-state index in [1.54, 1.807) is 0 Å². The molecule has 1 aliphatic rings. The minimum Gasteiger partial charge on any atom is -0.493 e. The van der Waals surface area contributed by atoms with Crippen LogP contribution in [0.4, 0.5) is 0 Å². The quantitative estimate of drug-likeness (QED) is 0.905. The summed E-state index contributed by atoms with van der Waals surface area (Å²) in [6.07, 6.45) is 2.22. The molecule has 110 valence electrons. The molecule has 21 heavy (non-hydrogen) atoms. The van der Waals surface area contributed by atoms with Crippen molar-refractivity contribution in [2.75, 3.05) is 6.61 Å². The van der Waals surface area contributed by atoms with Gasteiger partial charge in [-0.25, -0.2) is 0 Å². The number of fused-ring (bicyclic) bond motifs is 1. The minimum absolute atomic E-state index is 0.377. The van der Waals surface area contributed by atoms with E-state index in [0.29, 0.717) is 6.04 Å². The van der Waals surface area contributed by atoms with Crippen LogP contribution in [-0.4, -0.2) is 6.61 Å². The van der Waals surface area contributed by atoms with Crippen molar-refractivity contribution in [3.05, 3.63) is 64.7 Å². The lowest BCUT2D eigenvalue weighted by Gasteiger charge is -2.20. The molecule has 0 spiro atoms. The summed E-state index contributed by atoms with van der Waals surface area (Å²) < 4.78 is 5.95. The van der Waals surface area contributed by atoms with E-state index in [-0.39, 0.29) is 0 Å². The van der Waals surface area contributed by atoms with Gasteiger partial charge in [0.15, 0.2) is 0 Å². The SMILES string of the molecule is Cc1ccccc1CNC1CCCOc2c(C)cccc21. The zero-order valence-electron chi connectivity index (χ0n) is 12.9. The van der Waals surface area contributed by atoms with Gasteiger partial charge in [-0.15, -0.1) is 0 Å². The van der Waals surface area contributed by atoms with E-state index >= 15 is 0 Å². The summed E-state index contributed by atoms with van der Waals surface area (Å²) in [5, 5.41) is 3.72. The predicted molar refractivity (Wildman–Crippen MR) is 86.7 cm³/mol. The molecular weight excluding hydrogens is 258 g/mol. The van der Waals surface area contributed by atoms with Gasteiger partial charge in [0.25, 0.3) is 0 Å².